The lowest BCUT2D eigenvalue weighted by Gasteiger charge is -2.28. The molecule has 27 heavy (non-hydrogen) atoms. The van der Waals surface area contributed by atoms with Crippen molar-refractivity contribution >= 4 is 27.8 Å². The van der Waals surface area contributed by atoms with Crippen LogP contribution in [0.4, 0.5) is 10.7 Å². The minimum Gasteiger partial charge on any atom is -0.464 e. The SMILES string of the molecule is Cc1nc(C(=O)Cc2cc(-c3ccco3)ccc2N)sc1N1CCNCC1. The second kappa shape index (κ2) is 7.54. The van der Waals surface area contributed by atoms with Crippen LogP contribution in [0.1, 0.15) is 21.1 Å². The van der Waals surface area contributed by atoms with E-state index in [1.165, 1.54) is 11.3 Å². The Morgan fingerprint density at radius 1 is 1.33 bits per heavy atom. The van der Waals surface area contributed by atoms with Crippen molar-refractivity contribution in [3.8, 4) is 11.3 Å². The predicted octanol–water partition coefficient (Wildman–Crippen LogP) is 3.13. The highest BCUT2D eigenvalue weighted by Crippen LogP contribution is 2.30. The summed E-state index contributed by atoms with van der Waals surface area (Å²) >= 11 is 1.48. The van der Waals surface area contributed by atoms with Crippen LogP contribution in [-0.2, 0) is 6.42 Å². The van der Waals surface area contributed by atoms with E-state index in [1.807, 2.05) is 37.3 Å². The molecule has 4 rings (SSSR count). The number of carbonyl (C=O) groups excluding carboxylic acids is 1. The van der Waals surface area contributed by atoms with Crippen molar-refractivity contribution in [2.75, 3.05) is 36.8 Å². The number of piperazine rings is 1. The summed E-state index contributed by atoms with van der Waals surface area (Å²) in [6.45, 7) is 5.76. The molecule has 0 saturated carbocycles. The van der Waals surface area contributed by atoms with Crippen LogP contribution in [0.15, 0.2) is 41.0 Å². The van der Waals surface area contributed by atoms with Crippen LogP contribution in [-0.4, -0.2) is 36.9 Å². The third-order valence-electron chi connectivity index (χ3n) is 4.71. The molecule has 7 heteroatoms. The van der Waals surface area contributed by atoms with Crippen molar-refractivity contribution in [1.82, 2.24) is 10.3 Å². The molecular weight excluding hydrogens is 360 g/mol. The van der Waals surface area contributed by atoms with E-state index < -0.39 is 0 Å². The van der Waals surface area contributed by atoms with Gasteiger partial charge in [-0.2, -0.15) is 0 Å². The Kier molecular flexibility index (Phi) is 4.96. The fraction of sp³-hybridized carbons (Fsp3) is 0.300. The third-order valence-corrected chi connectivity index (χ3v) is 5.97. The number of nitrogens with two attached hydrogens (primary N) is 1. The molecule has 1 aliphatic heterocycles. The summed E-state index contributed by atoms with van der Waals surface area (Å²) in [7, 11) is 0. The van der Waals surface area contributed by atoms with Crippen LogP contribution in [0.3, 0.4) is 0 Å². The molecule has 2 aromatic heterocycles. The fourth-order valence-corrected chi connectivity index (χ4v) is 4.33. The van der Waals surface area contributed by atoms with Gasteiger partial charge >= 0.3 is 0 Å². The average Bonchev–Trinajstić information content (AvgIpc) is 3.34. The number of carbonyl (C=O) groups is 1. The Balaban J connectivity index is 1.55. The van der Waals surface area contributed by atoms with Crippen molar-refractivity contribution in [3.05, 3.63) is 52.9 Å². The zero-order valence-electron chi connectivity index (χ0n) is 15.2. The summed E-state index contributed by atoms with van der Waals surface area (Å²) in [5.74, 6) is 0.752. The summed E-state index contributed by atoms with van der Waals surface area (Å²) in [6.07, 6.45) is 1.86. The molecule has 0 amide bonds. The monoisotopic (exact) mass is 382 g/mol. The van der Waals surface area contributed by atoms with Gasteiger partial charge in [0.2, 0.25) is 0 Å². The summed E-state index contributed by atoms with van der Waals surface area (Å²) in [4.78, 5) is 19.7. The molecule has 1 aliphatic rings. The number of nitrogen functional groups attached to an aromatic ring is 1. The maximum atomic E-state index is 12.9. The van der Waals surface area contributed by atoms with Gasteiger partial charge < -0.3 is 20.4 Å². The standard InChI is InChI=1S/C20H22N4O2S/c1-13-20(24-8-6-22-7-9-24)27-19(23-13)17(25)12-15-11-14(4-5-16(15)21)18-3-2-10-26-18/h2-5,10-11,22H,6-9,12,21H2,1H3. The molecule has 0 radical (unpaired) electrons. The molecular formula is C20H22N4O2S. The van der Waals surface area contributed by atoms with E-state index in [1.54, 1.807) is 6.26 Å². The second-order valence-corrected chi connectivity index (χ2v) is 7.61. The van der Waals surface area contributed by atoms with Crippen LogP contribution in [0.25, 0.3) is 11.3 Å². The lowest BCUT2D eigenvalue weighted by Crippen LogP contribution is -2.43. The highest BCUT2D eigenvalue weighted by molar-refractivity contribution is 7.17. The molecule has 140 valence electrons. The van der Waals surface area contributed by atoms with Crippen LogP contribution in [0, 0.1) is 6.92 Å². The van der Waals surface area contributed by atoms with Crippen molar-refractivity contribution in [3.63, 3.8) is 0 Å². The van der Waals surface area contributed by atoms with Crippen molar-refractivity contribution in [2.24, 2.45) is 0 Å². The first-order valence-corrected chi connectivity index (χ1v) is 9.82. The fourth-order valence-electron chi connectivity index (χ4n) is 3.27. The molecule has 0 spiro atoms. The van der Waals surface area contributed by atoms with E-state index in [0.29, 0.717) is 10.7 Å². The van der Waals surface area contributed by atoms with Gasteiger partial charge in [-0.15, -0.1) is 0 Å². The number of nitrogens with zero attached hydrogens (tertiary/aromatic N) is 2. The second-order valence-electron chi connectivity index (χ2n) is 6.64. The molecule has 3 heterocycles. The minimum absolute atomic E-state index is 0.00669. The largest absolute Gasteiger partial charge is 0.464 e. The number of hydrogen-bond acceptors (Lipinski definition) is 7. The van der Waals surface area contributed by atoms with E-state index in [4.69, 9.17) is 10.2 Å². The molecule has 1 aromatic carbocycles. The number of rotatable bonds is 5. The highest BCUT2D eigenvalue weighted by Gasteiger charge is 2.21. The van der Waals surface area contributed by atoms with Gasteiger partial charge in [0.05, 0.1) is 12.0 Å². The van der Waals surface area contributed by atoms with Crippen molar-refractivity contribution < 1.29 is 9.21 Å². The average molecular weight is 382 g/mol. The first kappa shape index (κ1) is 17.8. The van der Waals surface area contributed by atoms with E-state index in [2.05, 4.69) is 15.2 Å². The molecule has 0 bridgehead atoms. The number of thiazole rings is 1. The van der Waals surface area contributed by atoms with E-state index in [9.17, 15) is 4.79 Å². The van der Waals surface area contributed by atoms with Crippen LogP contribution in [0.5, 0.6) is 0 Å². The normalized spacial score (nSPS) is 14.5. The third kappa shape index (κ3) is 3.74. The van der Waals surface area contributed by atoms with Crippen molar-refractivity contribution in [1.29, 1.82) is 0 Å². The number of ketones is 1. The Labute approximate surface area is 162 Å². The van der Waals surface area contributed by atoms with E-state index in [-0.39, 0.29) is 12.2 Å². The van der Waals surface area contributed by atoms with Gasteiger partial charge in [-0.1, -0.05) is 11.3 Å². The zero-order valence-corrected chi connectivity index (χ0v) is 16.0. The molecule has 3 aromatic rings. The van der Waals surface area contributed by atoms with Crippen molar-refractivity contribution in [2.45, 2.75) is 13.3 Å². The molecule has 1 fully saturated rings. The Hall–Kier alpha value is -2.64. The number of furan rings is 1. The number of anilines is 2. The Bertz CT molecular complexity index is 943. The lowest BCUT2D eigenvalue weighted by molar-refractivity contribution is 0.0992. The number of nitrogens with one attached hydrogen (secondary N) is 1. The molecule has 0 aliphatic carbocycles. The first-order valence-electron chi connectivity index (χ1n) is 9.00. The molecule has 0 atom stereocenters. The zero-order chi connectivity index (χ0) is 18.8. The maximum absolute atomic E-state index is 12.9. The number of hydrogen-bond donors (Lipinski definition) is 2. The summed E-state index contributed by atoms with van der Waals surface area (Å²) < 4.78 is 5.44. The van der Waals surface area contributed by atoms with Gasteiger partial charge in [-0.05, 0) is 42.8 Å². The van der Waals surface area contributed by atoms with Gasteiger partial charge in [0.1, 0.15) is 10.8 Å². The number of aromatic nitrogens is 1. The Morgan fingerprint density at radius 3 is 2.89 bits per heavy atom. The van der Waals surface area contributed by atoms with E-state index in [0.717, 1.165) is 53.8 Å². The topological polar surface area (TPSA) is 84.4 Å². The summed E-state index contributed by atoms with van der Waals surface area (Å²) in [6, 6.07) is 9.37. The maximum Gasteiger partial charge on any atom is 0.195 e. The quantitative estimate of drug-likeness (QED) is 0.521. The molecule has 1 saturated heterocycles. The molecule has 6 nitrogen and oxygen atoms in total. The van der Waals surface area contributed by atoms with Crippen LogP contribution in [0.2, 0.25) is 0 Å². The smallest absolute Gasteiger partial charge is 0.195 e. The van der Waals surface area contributed by atoms with Gasteiger partial charge in [0.15, 0.2) is 10.8 Å². The van der Waals surface area contributed by atoms with Crippen LogP contribution < -0.4 is 16.0 Å². The number of aryl methyl sites for hydroxylation is 1. The summed E-state index contributed by atoms with van der Waals surface area (Å²) in [5.41, 5.74) is 9.34. The lowest BCUT2D eigenvalue weighted by atomic mass is 10.0. The predicted molar refractivity (Wildman–Crippen MR) is 109 cm³/mol. The molecule has 0 unspecified atom stereocenters. The van der Waals surface area contributed by atoms with Gasteiger partial charge in [0, 0.05) is 43.9 Å². The number of Topliss-reactive ketones (excluding diaryl/α,β-unsaturated/α-hetero) is 1. The van der Waals surface area contributed by atoms with Gasteiger partial charge in [0.25, 0.3) is 0 Å². The van der Waals surface area contributed by atoms with Gasteiger partial charge in [-0.3, -0.25) is 4.79 Å². The first-order chi connectivity index (χ1) is 13.1. The Morgan fingerprint density at radius 2 is 2.15 bits per heavy atom. The highest BCUT2D eigenvalue weighted by atomic mass is 32.1. The van der Waals surface area contributed by atoms with E-state index >= 15 is 0 Å². The summed E-state index contributed by atoms with van der Waals surface area (Å²) in [5, 5.41) is 4.98. The number of benzene rings is 1. The van der Waals surface area contributed by atoms with Crippen LogP contribution >= 0.6 is 11.3 Å². The minimum atomic E-state index is -0.00669. The molecule has 3 N–H and O–H groups in total. The van der Waals surface area contributed by atoms with Gasteiger partial charge in [-0.25, -0.2) is 4.98 Å².